The first-order valence-corrected chi connectivity index (χ1v) is 9.16. The maximum Gasteiger partial charge on any atom is 0.256 e. The molecule has 0 radical (unpaired) electrons. The fourth-order valence-electron chi connectivity index (χ4n) is 3.23. The molecule has 27 heavy (non-hydrogen) atoms. The van der Waals surface area contributed by atoms with Gasteiger partial charge in [-0.25, -0.2) is 13.9 Å². The third kappa shape index (κ3) is 2.55. The first-order valence-electron chi connectivity index (χ1n) is 8.35. The number of imidazole rings is 1. The first kappa shape index (κ1) is 15.9. The predicted octanol–water partition coefficient (Wildman–Crippen LogP) is 4.40. The van der Waals surface area contributed by atoms with Crippen molar-refractivity contribution in [3.8, 4) is 11.3 Å². The third-order valence-corrected chi connectivity index (χ3v) is 5.27. The summed E-state index contributed by atoms with van der Waals surface area (Å²) in [5.74, 6) is -0.471. The van der Waals surface area contributed by atoms with E-state index in [1.807, 2.05) is 31.2 Å². The van der Waals surface area contributed by atoms with Gasteiger partial charge >= 0.3 is 0 Å². The van der Waals surface area contributed by atoms with Gasteiger partial charge in [0.1, 0.15) is 10.8 Å². The monoisotopic (exact) mass is 376 g/mol. The molecule has 5 nitrogen and oxygen atoms in total. The summed E-state index contributed by atoms with van der Waals surface area (Å²) in [7, 11) is 0. The number of rotatable bonds is 2. The van der Waals surface area contributed by atoms with Crippen molar-refractivity contribution < 1.29 is 9.18 Å². The summed E-state index contributed by atoms with van der Waals surface area (Å²) < 4.78 is 15.1. The van der Waals surface area contributed by atoms with Crippen molar-refractivity contribution in [2.24, 2.45) is 0 Å². The summed E-state index contributed by atoms with van der Waals surface area (Å²) in [5.41, 5.74) is 4.31. The number of amides is 1. The number of nitrogens with zero attached hydrogens (tertiary/aromatic N) is 3. The van der Waals surface area contributed by atoms with Crippen LogP contribution in [0.15, 0.2) is 48.5 Å². The third-order valence-electron chi connectivity index (χ3n) is 4.45. The van der Waals surface area contributed by atoms with Gasteiger partial charge in [0.2, 0.25) is 4.96 Å². The number of para-hydroxylation sites is 1. The minimum absolute atomic E-state index is 0.164. The predicted molar refractivity (Wildman–Crippen MR) is 104 cm³/mol. The second-order valence-electron chi connectivity index (χ2n) is 6.23. The molecule has 3 heterocycles. The Kier molecular flexibility index (Phi) is 3.45. The number of anilines is 1. The van der Waals surface area contributed by atoms with Crippen LogP contribution >= 0.6 is 11.3 Å². The molecule has 2 aromatic heterocycles. The fraction of sp³-hybridized carbons (Fsp3) is 0.0500. The van der Waals surface area contributed by atoms with Crippen LogP contribution in [0, 0.1) is 12.7 Å². The summed E-state index contributed by atoms with van der Waals surface area (Å²) >= 11 is 1.47. The Morgan fingerprint density at radius 3 is 2.74 bits per heavy atom. The van der Waals surface area contributed by atoms with Crippen LogP contribution in [0.1, 0.15) is 16.3 Å². The lowest BCUT2D eigenvalue weighted by atomic mass is 10.0. The molecule has 0 unspecified atom stereocenters. The van der Waals surface area contributed by atoms with E-state index in [0.29, 0.717) is 17.0 Å². The Balaban J connectivity index is 1.76. The Bertz CT molecular complexity index is 1240. The van der Waals surface area contributed by atoms with Crippen LogP contribution in [0.25, 0.3) is 27.9 Å². The zero-order valence-electron chi connectivity index (χ0n) is 14.2. The number of carbonyl (C=O) groups excluding carboxylic acids is 1. The van der Waals surface area contributed by atoms with Crippen molar-refractivity contribution in [1.29, 1.82) is 0 Å². The van der Waals surface area contributed by atoms with Crippen LogP contribution in [0.5, 0.6) is 0 Å². The molecule has 0 fully saturated rings. The van der Waals surface area contributed by atoms with E-state index in [1.54, 1.807) is 22.7 Å². The van der Waals surface area contributed by atoms with Crippen LogP contribution in [-0.2, 0) is 4.79 Å². The number of nitrogens with one attached hydrogen (secondary N) is 1. The summed E-state index contributed by atoms with van der Waals surface area (Å²) in [6, 6.07) is 13.7. The average molecular weight is 376 g/mol. The number of aromatic nitrogens is 3. The quantitative estimate of drug-likeness (QED) is 0.528. The molecule has 0 saturated carbocycles. The Hall–Kier alpha value is -3.32. The van der Waals surface area contributed by atoms with E-state index in [2.05, 4.69) is 15.4 Å². The molecule has 1 aliphatic heterocycles. The Labute approximate surface area is 157 Å². The average Bonchev–Trinajstić information content (AvgIpc) is 3.27. The molecule has 132 valence electrons. The second kappa shape index (κ2) is 5.85. The van der Waals surface area contributed by atoms with Crippen LogP contribution in [-0.4, -0.2) is 20.5 Å². The molecule has 5 rings (SSSR count). The Morgan fingerprint density at radius 2 is 1.93 bits per heavy atom. The van der Waals surface area contributed by atoms with Gasteiger partial charge in [-0.1, -0.05) is 29.5 Å². The SMILES string of the molecule is Cc1nn2c(/C=C3/C(=O)Nc4ccccc43)c(-c3ccc(F)cc3)nc2s1. The van der Waals surface area contributed by atoms with Gasteiger partial charge in [-0.3, -0.25) is 4.79 Å². The van der Waals surface area contributed by atoms with Gasteiger partial charge in [0.05, 0.1) is 17.0 Å². The molecular weight excluding hydrogens is 363 g/mol. The summed E-state index contributed by atoms with van der Waals surface area (Å²) in [5, 5.41) is 8.27. The maximum absolute atomic E-state index is 13.3. The van der Waals surface area contributed by atoms with E-state index in [1.165, 1.54) is 23.5 Å². The molecule has 2 aromatic carbocycles. The van der Waals surface area contributed by atoms with Crippen LogP contribution in [0.3, 0.4) is 0 Å². The largest absolute Gasteiger partial charge is 0.321 e. The normalized spacial score (nSPS) is 14.7. The zero-order valence-corrected chi connectivity index (χ0v) is 15.0. The molecule has 0 saturated heterocycles. The first-order chi connectivity index (χ1) is 13.1. The van der Waals surface area contributed by atoms with Crippen LogP contribution in [0.4, 0.5) is 10.1 Å². The highest BCUT2D eigenvalue weighted by Gasteiger charge is 2.25. The lowest BCUT2D eigenvalue weighted by molar-refractivity contribution is -0.110. The standard InChI is InChI=1S/C20H13FN4OS/c1-11-24-25-17(10-15-14-4-2-3-5-16(14)22-19(15)26)18(23-20(25)27-11)12-6-8-13(21)9-7-12/h2-10H,1H3,(H,22,26)/b15-10+. The van der Waals surface area contributed by atoms with Crippen molar-refractivity contribution in [3.05, 3.63) is 70.6 Å². The molecule has 0 spiro atoms. The highest BCUT2D eigenvalue weighted by atomic mass is 32.1. The van der Waals surface area contributed by atoms with Crippen molar-refractivity contribution >= 4 is 39.5 Å². The number of halogens is 1. The van der Waals surface area contributed by atoms with E-state index >= 15 is 0 Å². The van der Waals surface area contributed by atoms with Gasteiger partial charge in [0.25, 0.3) is 5.91 Å². The summed E-state index contributed by atoms with van der Waals surface area (Å²) in [4.78, 5) is 17.9. The van der Waals surface area contributed by atoms with Gasteiger partial charge in [0.15, 0.2) is 0 Å². The number of fused-ring (bicyclic) bond motifs is 2. The molecule has 1 amide bonds. The van der Waals surface area contributed by atoms with E-state index in [-0.39, 0.29) is 11.7 Å². The van der Waals surface area contributed by atoms with Gasteiger partial charge in [0, 0.05) is 16.8 Å². The van der Waals surface area contributed by atoms with Crippen molar-refractivity contribution in [2.75, 3.05) is 5.32 Å². The topological polar surface area (TPSA) is 59.3 Å². The fourth-order valence-corrected chi connectivity index (χ4v) is 3.98. The summed E-state index contributed by atoms with van der Waals surface area (Å²) in [6.07, 6.45) is 1.80. The van der Waals surface area contributed by atoms with E-state index in [0.717, 1.165) is 26.8 Å². The zero-order chi connectivity index (χ0) is 18.5. The van der Waals surface area contributed by atoms with Gasteiger partial charge in [-0.2, -0.15) is 5.10 Å². The smallest absolute Gasteiger partial charge is 0.256 e. The molecule has 7 heteroatoms. The lowest BCUT2D eigenvalue weighted by Crippen LogP contribution is -2.04. The summed E-state index contributed by atoms with van der Waals surface area (Å²) in [6.45, 7) is 1.91. The minimum Gasteiger partial charge on any atom is -0.321 e. The number of hydrogen-bond acceptors (Lipinski definition) is 4. The van der Waals surface area contributed by atoms with Crippen molar-refractivity contribution in [3.63, 3.8) is 0 Å². The number of hydrogen-bond donors (Lipinski definition) is 1. The molecule has 4 aromatic rings. The highest BCUT2D eigenvalue weighted by Crippen LogP contribution is 2.35. The number of benzene rings is 2. The van der Waals surface area contributed by atoms with E-state index in [4.69, 9.17) is 0 Å². The Morgan fingerprint density at radius 1 is 1.15 bits per heavy atom. The van der Waals surface area contributed by atoms with Crippen molar-refractivity contribution in [2.45, 2.75) is 6.92 Å². The van der Waals surface area contributed by atoms with Crippen LogP contribution < -0.4 is 5.32 Å². The maximum atomic E-state index is 13.3. The van der Waals surface area contributed by atoms with Gasteiger partial charge in [-0.15, -0.1) is 0 Å². The molecular formula is C20H13FN4OS. The van der Waals surface area contributed by atoms with Gasteiger partial charge in [-0.05, 0) is 43.3 Å². The molecule has 0 bridgehead atoms. The highest BCUT2D eigenvalue weighted by molar-refractivity contribution is 7.16. The minimum atomic E-state index is -0.308. The van der Waals surface area contributed by atoms with Crippen molar-refractivity contribution in [1.82, 2.24) is 14.6 Å². The molecule has 1 aliphatic rings. The second-order valence-corrected chi connectivity index (χ2v) is 7.39. The van der Waals surface area contributed by atoms with E-state index in [9.17, 15) is 9.18 Å². The molecule has 0 atom stereocenters. The van der Waals surface area contributed by atoms with Crippen LogP contribution in [0.2, 0.25) is 0 Å². The van der Waals surface area contributed by atoms with Gasteiger partial charge < -0.3 is 5.32 Å². The number of aryl methyl sites for hydroxylation is 1. The molecule has 0 aliphatic carbocycles. The van der Waals surface area contributed by atoms with E-state index < -0.39 is 0 Å². The number of carbonyl (C=O) groups is 1. The lowest BCUT2D eigenvalue weighted by Gasteiger charge is -2.02. The molecule has 1 N–H and O–H groups in total.